The zero-order valence-electron chi connectivity index (χ0n) is 12.7. The van der Waals surface area contributed by atoms with Crippen LogP contribution in [-0.2, 0) is 0 Å². The van der Waals surface area contributed by atoms with E-state index in [1.54, 1.807) is 13.8 Å². The monoisotopic (exact) mass is 277 g/mol. The van der Waals surface area contributed by atoms with Gasteiger partial charge >= 0.3 is 5.97 Å². The highest BCUT2D eigenvalue weighted by atomic mass is 16.4. The van der Waals surface area contributed by atoms with E-state index >= 15 is 0 Å². The molecule has 110 valence electrons. The Bertz CT molecular complexity index is 526. The molecule has 0 aromatic carbocycles. The van der Waals surface area contributed by atoms with E-state index in [1.807, 2.05) is 0 Å². The van der Waals surface area contributed by atoms with Crippen molar-refractivity contribution in [3.8, 4) is 0 Å². The molecule has 0 bridgehead atoms. The number of hydrogen-bond acceptors (Lipinski definition) is 4. The van der Waals surface area contributed by atoms with Crippen LogP contribution in [-0.4, -0.2) is 27.3 Å². The molecule has 2 N–H and O–H groups in total. The average Bonchev–Trinajstić information content (AvgIpc) is 2.32. The number of carbonyl (C=O) groups is 1. The lowest BCUT2D eigenvalue weighted by atomic mass is 9.75. The largest absolute Gasteiger partial charge is 0.478 e. The molecule has 1 unspecified atom stereocenters. The minimum atomic E-state index is -0.946. The fourth-order valence-corrected chi connectivity index (χ4v) is 2.99. The predicted octanol–water partition coefficient (Wildman–Crippen LogP) is 3.17. The second-order valence-corrected chi connectivity index (χ2v) is 6.54. The molecule has 1 aliphatic carbocycles. The molecule has 0 saturated heterocycles. The molecule has 2 rings (SSSR count). The Morgan fingerprint density at radius 2 is 2.05 bits per heavy atom. The molecule has 0 radical (unpaired) electrons. The van der Waals surface area contributed by atoms with Crippen molar-refractivity contribution in [3.63, 3.8) is 0 Å². The quantitative estimate of drug-likeness (QED) is 0.887. The Morgan fingerprint density at radius 3 is 2.65 bits per heavy atom. The summed E-state index contributed by atoms with van der Waals surface area (Å²) >= 11 is 0. The maximum absolute atomic E-state index is 11.5. The Hall–Kier alpha value is -1.65. The van der Waals surface area contributed by atoms with Crippen LogP contribution in [0.4, 0.5) is 5.82 Å². The highest BCUT2D eigenvalue weighted by molar-refractivity contribution is 5.94. The number of carboxylic acid groups (broad SMARTS) is 1. The van der Waals surface area contributed by atoms with Crippen molar-refractivity contribution >= 4 is 11.8 Å². The van der Waals surface area contributed by atoms with Gasteiger partial charge in [-0.05, 0) is 44.1 Å². The first-order valence-corrected chi connectivity index (χ1v) is 7.14. The second-order valence-electron chi connectivity index (χ2n) is 6.54. The van der Waals surface area contributed by atoms with Gasteiger partial charge < -0.3 is 10.4 Å². The molecule has 5 heteroatoms. The average molecular weight is 277 g/mol. The van der Waals surface area contributed by atoms with E-state index < -0.39 is 5.97 Å². The normalized spacial score (nSPS) is 21.5. The first kappa shape index (κ1) is 14.8. The van der Waals surface area contributed by atoms with E-state index in [0.717, 1.165) is 19.3 Å². The van der Waals surface area contributed by atoms with E-state index in [1.165, 1.54) is 6.42 Å². The molecular weight excluding hydrogens is 254 g/mol. The lowest BCUT2D eigenvalue weighted by molar-refractivity contribution is 0.0696. The SMILES string of the molecule is Cc1nnc(NC2CCCC(C)(C)C2)c(C(=O)O)c1C. The Morgan fingerprint density at radius 1 is 1.35 bits per heavy atom. The van der Waals surface area contributed by atoms with Crippen LogP contribution in [0.25, 0.3) is 0 Å². The van der Waals surface area contributed by atoms with Crippen molar-refractivity contribution in [1.82, 2.24) is 10.2 Å². The fourth-order valence-electron chi connectivity index (χ4n) is 2.99. The summed E-state index contributed by atoms with van der Waals surface area (Å²) < 4.78 is 0. The summed E-state index contributed by atoms with van der Waals surface area (Å²) in [7, 11) is 0. The van der Waals surface area contributed by atoms with Gasteiger partial charge in [-0.1, -0.05) is 20.3 Å². The van der Waals surface area contributed by atoms with E-state index in [9.17, 15) is 9.90 Å². The summed E-state index contributed by atoms with van der Waals surface area (Å²) in [5.41, 5.74) is 1.90. The smallest absolute Gasteiger partial charge is 0.339 e. The van der Waals surface area contributed by atoms with E-state index in [2.05, 4.69) is 29.4 Å². The number of nitrogens with one attached hydrogen (secondary N) is 1. The maximum atomic E-state index is 11.5. The van der Waals surface area contributed by atoms with Gasteiger partial charge in [0.25, 0.3) is 0 Å². The van der Waals surface area contributed by atoms with Crippen molar-refractivity contribution in [2.24, 2.45) is 5.41 Å². The van der Waals surface area contributed by atoms with Crippen LogP contribution >= 0.6 is 0 Å². The van der Waals surface area contributed by atoms with Crippen LogP contribution < -0.4 is 5.32 Å². The zero-order valence-corrected chi connectivity index (χ0v) is 12.7. The standard InChI is InChI=1S/C15H23N3O2/c1-9-10(2)17-18-13(12(9)14(19)20)16-11-6-5-7-15(3,4)8-11/h11H,5-8H2,1-4H3,(H,16,18)(H,19,20). The third-order valence-electron chi connectivity index (χ3n) is 4.21. The summed E-state index contributed by atoms with van der Waals surface area (Å²) in [5.74, 6) is -0.540. The van der Waals surface area contributed by atoms with Crippen molar-refractivity contribution < 1.29 is 9.90 Å². The highest BCUT2D eigenvalue weighted by Crippen LogP contribution is 2.36. The molecule has 20 heavy (non-hydrogen) atoms. The number of anilines is 1. The minimum Gasteiger partial charge on any atom is -0.478 e. The number of hydrogen-bond donors (Lipinski definition) is 2. The van der Waals surface area contributed by atoms with Gasteiger partial charge in [0.1, 0.15) is 5.56 Å². The summed E-state index contributed by atoms with van der Waals surface area (Å²) in [6.45, 7) is 8.07. The van der Waals surface area contributed by atoms with Gasteiger partial charge in [0.05, 0.1) is 5.69 Å². The van der Waals surface area contributed by atoms with Crippen LogP contribution in [0.1, 0.15) is 61.1 Å². The number of aromatic nitrogens is 2. The lowest BCUT2D eigenvalue weighted by Crippen LogP contribution is -2.32. The van der Waals surface area contributed by atoms with E-state index in [0.29, 0.717) is 22.5 Å². The highest BCUT2D eigenvalue weighted by Gasteiger charge is 2.29. The molecular formula is C15H23N3O2. The van der Waals surface area contributed by atoms with Gasteiger partial charge in [-0.15, -0.1) is 5.10 Å². The molecule has 0 amide bonds. The summed E-state index contributed by atoms with van der Waals surface area (Å²) in [4.78, 5) is 11.5. The van der Waals surface area contributed by atoms with Crippen molar-refractivity contribution in [2.75, 3.05) is 5.32 Å². The molecule has 0 aliphatic heterocycles. The Kier molecular flexibility index (Phi) is 3.97. The molecule has 0 spiro atoms. The van der Waals surface area contributed by atoms with Gasteiger partial charge in [0, 0.05) is 6.04 Å². The van der Waals surface area contributed by atoms with Crippen molar-refractivity contribution in [3.05, 3.63) is 16.8 Å². The molecule has 1 aromatic heterocycles. The van der Waals surface area contributed by atoms with Gasteiger partial charge in [-0.2, -0.15) is 5.10 Å². The second kappa shape index (κ2) is 5.38. The number of carboxylic acids is 1. The number of aromatic carboxylic acids is 1. The predicted molar refractivity (Wildman–Crippen MR) is 78.1 cm³/mol. The van der Waals surface area contributed by atoms with Crippen LogP contribution in [0.15, 0.2) is 0 Å². The number of aryl methyl sites for hydroxylation is 1. The minimum absolute atomic E-state index is 0.251. The van der Waals surface area contributed by atoms with E-state index in [4.69, 9.17) is 0 Å². The van der Waals surface area contributed by atoms with Gasteiger partial charge in [0.15, 0.2) is 5.82 Å². The molecule has 1 aromatic rings. The molecule has 1 aliphatic rings. The third-order valence-corrected chi connectivity index (χ3v) is 4.21. The van der Waals surface area contributed by atoms with Crippen LogP contribution in [0.3, 0.4) is 0 Å². The molecule has 1 heterocycles. The van der Waals surface area contributed by atoms with Crippen molar-refractivity contribution in [2.45, 2.75) is 59.4 Å². The third kappa shape index (κ3) is 3.08. The topological polar surface area (TPSA) is 75.1 Å². The van der Waals surface area contributed by atoms with E-state index in [-0.39, 0.29) is 11.6 Å². The summed E-state index contributed by atoms with van der Waals surface area (Å²) in [6.07, 6.45) is 4.46. The van der Waals surface area contributed by atoms with Gasteiger partial charge in [0.2, 0.25) is 0 Å². The summed E-state index contributed by atoms with van der Waals surface area (Å²) in [5, 5.41) is 20.8. The number of nitrogens with zero attached hydrogens (tertiary/aromatic N) is 2. The molecule has 5 nitrogen and oxygen atoms in total. The zero-order chi connectivity index (χ0) is 14.9. The van der Waals surface area contributed by atoms with Crippen LogP contribution in [0.2, 0.25) is 0 Å². The molecule has 1 saturated carbocycles. The lowest BCUT2D eigenvalue weighted by Gasteiger charge is -2.35. The van der Waals surface area contributed by atoms with Crippen LogP contribution in [0.5, 0.6) is 0 Å². The Balaban J connectivity index is 2.25. The van der Waals surface area contributed by atoms with Crippen LogP contribution in [0, 0.1) is 19.3 Å². The Labute approximate surface area is 119 Å². The van der Waals surface area contributed by atoms with Crippen molar-refractivity contribution in [1.29, 1.82) is 0 Å². The number of rotatable bonds is 3. The van der Waals surface area contributed by atoms with Gasteiger partial charge in [-0.3, -0.25) is 0 Å². The fraction of sp³-hybridized carbons (Fsp3) is 0.667. The van der Waals surface area contributed by atoms with Gasteiger partial charge in [-0.25, -0.2) is 4.79 Å². The first-order chi connectivity index (χ1) is 9.30. The maximum Gasteiger partial charge on any atom is 0.339 e. The molecule has 1 atom stereocenters. The first-order valence-electron chi connectivity index (χ1n) is 7.14. The summed E-state index contributed by atoms with van der Waals surface area (Å²) in [6, 6.07) is 0.272. The molecule has 1 fully saturated rings.